The lowest BCUT2D eigenvalue weighted by atomic mass is 10.1. The van der Waals surface area contributed by atoms with Crippen LogP contribution in [0.4, 0.5) is 0 Å². The molecule has 1 aromatic rings. The summed E-state index contributed by atoms with van der Waals surface area (Å²) >= 11 is 0. The van der Waals surface area contributed by atoms with Crippen LogP contribution in [0, 0.1) is 0 Å². The van der Waals surface area contributed by atoms with Crippen molar-refractivity contribution in [1.82, 2.24) is 9.80 Å². The quantitative estimate of drug-likeness (QED) is 0.860. The second-order valence-electron chi connectivity index (χ2n) is 6.65. The van der Waals surface area contributed by atoms with Crippen molar-refractivity contribution in [3.05, 3.63) is 35.4 Å². The summed E-state index contributed by atoms with van der Waals surface area (Å²) in [6.45, 7) is 8.93. The Kier molecular flexibility index (Phi) is 4.79. The van der Waals surface area contributed by atoms with E-state index in [4.69, 9.17) is 4.74 Å². The van der Waals surface area contributed by atoms with E-state index in [0.717, 1.165) is 51.1 Å². The van der Waals surface area contributed by atoms with Gasteiger partial charge in [0.15, 0.2) is 0 Å². The average molecular weight is 302 g/mol. The van der Waals surface area contributed by atoms with Crippen LogP contribution >= 0.6 is 0 Å². The van der Waals surface area contributed by atoms with Crippen LogP contribution in [-0.2, 0) is 11.3 Å². The molecule has 4 heteroatoms. The van der Waals surface area contributed by atoms with Gasteiger partial charge in [0.05, 0.1) is 12.2 Å². The van der Waals surface area contributed by atoms with Gasteiger partial charge in [0.2, 0.25) is 0 Å². The number of hydrogen-bond donors (Lipinski definition) is 0. The van der Waals surface area contributed by atoms with Crippen LogP contribution in [0.1, 0.15) is 42.6 Å². The van der Waals surface area contributed by atoms with Gasteiger partial charge < -0.3 is 9.64 Å². The van der Waals surface area contributed by atoms with Crippen molar-refractivity contribution in [2.75, 3.05) is 26.2 Å². The standard InChI is InChI=1S/C18H26N2O2/c1-14-11-19(12-15(2)22-14)13-16-5-7-17(8-6-16)18(21)20-9-3-4-10-20/h5-8,14-15H,3-4,9-13H2,1-2H3. The van der Waals surface area contributed by atoms with Crippen LogP contribution < -0.4 is 0 Å². The topological polar surface area (TPSA) is 32.8 Å². The first-order valence-corrected chi connectivity index (χ1v) is 8.38. The van der Waals surface area contributed by atoms with Gasteiger partial charge in [-0.2, -0.15) is 0 Å². The molecule has 0 radical (unpaired) electrons. The zero-order valence-electron chi connectivity index (χ0n) is 13.6. The van der Waals surface area contributed by atoms with Crippen molar-refractivity contribution in [2.24, 2.45) is 0 Å². The first kappa shape index (κ1) is 15.5. The lowest BCUT2D eigenvalue weighted by Crippen LogP contribution is -2.44. The number of amides is 1. The normalized spacial score (nSPS) is 26.4. The molecule has 2 fully saturated rings. The van der Waals surface area contributed by atoms with E-state index >= 15 is 0 Å². The van der Waals surface area contributed by atoms with E-state index in [1.807, 2.05) is 17.0 Å². The predicted molar refractivity (Wildman–Crippen MR) is 86.9 cm³/mol. The highest BCUT2D eigenvalue weighted by Crippen LogP contribution is 2.16. The number of rotatable bonds is 3. The van der Waals surface area contributed by atoms with Crippen molar-refractivity contribution in [2.45, 2.75) is 45.4 Å². The number of nitrogens with zero attached hydrogens (tertiary/aromatic N) is 2. The lowest BCUT2D eigenvalue weighted by Gasteiger charge is -2.35. The Morgan fingerprint density at radius 1 is 1.09 bits per heavy atom. The van der Waals surface area contributed by atoms with Crippen LogP contribution in [0.15, 0.2) is 24.3 Å². The highest BCUT2D eigenvalue weighted by molar-refractivity contribution is 5.94. The Morgan fingerprint density at radius 3 is 2.27 bits per heavy atom. The molecule has 2 unspecified atom stereocenters. The molecule has 4 nitrogen and oxygen atoms in total. The Hall–Kier alpha value is -1.39. The number of morpholine rings is 1. The van der Waals surface area contributed by atoms with E-state index in [1.165, 1.54) is 5.56 Å². The molecule has 2 saturated heterocycles. The fourth-order valence-corrected chi connectivity index (χ4v) is 3.53. The van der Waals surface area contributed by atoms with Gasteiger partial charge in [-0.25, -0.2) is 0 Å². The van der Waals surface area contributed by atoms with Crippen molar-refractivity contribution in [3.63, 3.8) is 0 Å². The Bertz CT molecular complexity index is 498. The molecule has 1 amide bonds. The molecular formula is C18H26N2O2. The Balaban J connectivity index is 1.60. The van der Waals surface area contributed by atoms with E-state index in [0.29, 0.717) is 12.2 Å². The van der Waals surface area contributed by atoms with Crippen molar-refractivity contribution >= 4 is 5.91 Å². The lowest BCUT2D eigenvalue weighted by molar-refractivity contribution is -0.0704. The van der Waals surface area contributed by atoms with Gasteiger partial charge >= 0.3 is 0 Å². The summed E-state index contributed by atoms with van der Waals surface area (Å²) in [6, 6.07) is 8.13. The van der Waals surface area contributed by atoms with Gasteiger partial charge in [-0.05, 0) is 44.4 Å². The zero-order chi connectivity index (χ0) is 15.5. The summed E-state index contributed by atoms with van der Waals surface area (Å²) in [5, 5.41) is 0. The van der Waals surface area contributed by atoms with Gasteiger partial charge in [-0.1, -0.05) is 12.1 Å². The van der Waals surface area contributed by atoms with E-state index in [9.17, 15) is 4.79 Å². The molecule has 2 atom stereocenters. The summed E-state index contributed by atoms with van der Waals surface area (Å²) in [6.07, 6.45) is 2.86. The first-order valence-electron chi connectivity index (χ1n) is 8.38. The Labute approximate surface area is 133 Å². The molecular weight excluding hydrogens is 276 g/mol. The SMILES string of the molecule is CC1CN(Cc2ccc(C(=O)N3CCCC3)cc2)CC(C)O1. The Morgan fingerprint density at radius 2 is 1.68 bits per heavy atom. The molecule has 0 aliphatic carbocycles. The van der Waals surface area contributed by atoms with E-state index in [2.05, 4.69) is 30.9 Å². The third-order valence-electron chi connectivity index (χ3n) is 4.50. The smallest absolute Gasteiger partial charge is 0.253 e. The number of carbonyl (C=O) groups excluding carboxylic acids is 1. The molecule has 22 heavy (non-hydrogen) atoms. The maximum Gasteiger partial charge on any atom is 0.253 e. The molecule has 2 aliphatic rings. The fraction of sp³-hybridized carbons (Fsp3) is 0.611. The molecule has 1 aromatic carbocycles. The second kappa shape index (κ2) is 6.80. The molecule has 3 rings (SSSR count). The third-order valence-corrected chi connectivity index (χ3v) is 4.50. The van der Waals surface area contributed by atoms with Crippen LogP contribution in [0.5, 0.6) is 0 Å². The molecule has 0 spiro atoms. The molecule has 0 aromatic heterocycles. The summed E-state index contributed by atoms with van der Waals surface area (Å²) in [7, 11) is 0. The highest BCUT2D eigenvalue weighted by Gasteiger charge is 2.22. The van der Waals surface area contributed by atoms with Gasteiger partial charge in [0.25, 0.3) is 5.91 Å². The largest absolute Gasteiger partial charge is 0.373 e. The van der Waals surface area contributed by atoms with E-state index < -0.39 is 0 Å². The van der Waals surface area contributed by atoms with Gasteiger partial charge in [0, 0.05) is 38.3 Å². The van der Waals surface area contributed by atoms with Crippen molar-refractivity contribution < 1.29 is 9.53 Å². The summed E-state index contributed by atoms with van der Waals surface area (Å²) in [5.41, 5.74) is 2.08. The highest BCUT2D eigenvalue weighted by atomic mass is 16.5. The monoisotopic (exact) mass is 302 g/mol. The van der Waals surface area contributed by atoms with Crippen LogP contribution in [0.3, 0.4) is 0 Å². The molecule has 2 aliphatic heterocycles. The summed E-state index contributed by atoms with van der Waals surface area (Å²) < 4.78 is 5.77. The number of likely N-dealkylation sites (tertiary alicyclic amines) is 1. The van der Waals surface area contributed by atoms with Gasteiger partial charge in [0.1, 0.15) is 0 Å². The van der Waals surface area contributed by atoms with Crippen LogP contribution in [-0.4, -0.2) is 54.1 Å². The van der Waals surface area contributed by atoms with Crippen molar-refractivity contribution in [1.29, 1.82) is 0 Å². The van der Waals surface area contributed by atoms with Gasteiger partial charge in [-0.3, -0.25) is 9.69 Å². The molecule has 120 valence electrons. The van der Waals surface area contributed by atoms with Crippen LogP contribution in [0.2, 0.25) is 0 Å². The molecule has 0 N–H and O–H groups in total. The summed E-state index contributed by atoms with van der Waals surface area (Å²) in [5.74, 6) is 0.178. The molecule has 0 bridgehead atoms. The summed E-state index contributed by atoms with van der Waals surface area (Å²) in [4.78, 5) is 16.7. The van der Waals surface area contributed by atoms with Gasteiger partial charge in [-0.15, -0.1) is 0 Å². The minimum Gasteiger partial charge on any atom is -0.373 e. The zero-order valence-corrected chi connectivity index (χ0v) is 13.6. The first-order chi connectivity index (χ1) is 10.6. The minimum absolute atomic E-state index is 0.178. The van der Waals surface area contributed by atoms with Crippen molar-refractivity contribution in [3.8, 4) is 0 Å². The van der Waals surface area contributed by atoms with E-state index in [1.54, 1.807) is 0 Å². The number of carbonyl (C=O) groups is 1. The maximum absolute atomic E-state index is 12.3. The fourth-order valence-electron chi connectivity index (χ4n) is 3.53. The minimum atomic E-state index is 0.178. The second-order valence-corrected chi connectivity index (χ2v) is 6.65. The van der Waals surface area contributed by atoms with E-state index in [-0.39, 0.29) is 5.91 Å². The molecule has 2 heterocycles. The number of ether oxygens (including phenoxy) is 1. The maximum atomic E-state index is 12.3. The average Bonchev–Trinajstić information content (AvgIpc) is 3.00. The number of benzene rings is 1. The molecule has 0 saturated carbocycles. The number of hydrogen-bond acceptors (Lipinski definition) is 3. The van der Waals surface area contributed by atoms with Crippen LogP contribution in [0.25, 0.3) is 0 Å². The predicted octanol–water partition coefficient (Wildman–Crippen LogP) is 2.53. The third kappa shape index (κ3) is 3.68.